The Balaban J connectivity index is 1.54. The van der Waals surface area contributed by atoms with Gasteiger partial charge in [-0.2, -0.15) is 0 Å². The van der Waals surface area contributed by atoms with Gasteiger partial charge in [0.05, 0.1) is 11.2 Å². The Bertz CT molecular complexity index is 1290. The lowest BCUT2D eigenvalue weighted by Gasteiger charge is -2.11. The number of aryl methyl sites for hydroxylation is 1. The van der Waals surface area contributed by atoms with Crippen LogP contribution < -0.4 is 10.6 Å². The zero-order valence-electron chi connectivity index (χ0n) is 17.1. The molecular formula is C24H21N5OS. The number of hydrogen-bond acceptors (Lipinski definition) is 6. The number of pyridine rings is 1. The molecule has 2 aromatic heterocycles. The minimum Gasteiger partial charge on any atom is -0.375 e. The molecule has 0 aliphatic rings. The zero-order chi connectivity index (χ0) is 21.8. The molecule has 0 spiro atoms. The number of allylic oxidation sites excluding steroid dienone is 1. The van der Waals surface area contributed by atoms with Gasteiger partial charge in [-0.25, -0.2) is 4.98 Å². The van der Waals surface area contributed by atoms with Gasteiger partial charge in [0.2, 0.25) is 0 Å². The van der Waals surface area contributed by atoms with Crippen LogP contribution >= 0.6 is 11.3 Å². The summed E-state index contributed by atoms with van der Waals surface area (Å²) in [5.74, 6) is 0.177. The number of amides is 1. The Morgan fingerprint density at radius 2 is 1.97 bits per heavy atom. The highest BCUT2D eigenvalue weighted by Gasteiger charge is 2.11. The predicted octanol–water partition coefficient (Wildman–Crippen LogP) is 4.53. The van der Waals surface area contributed by atoms with Crippen molar-refractivity contribution < 1.29 is 4.79 Å². The first-order chi connectivity index (χ1) is 15.0. The van der Waals surface area contributed by atoms with E-state index in [2.05, 4.69) is 20.6 Å². The molecule has 0 saturated carbocycles. The van der Waals surface area contributed by atoms with Crippen LogP contribution in [0.25, 0.3) is 21.5 Å². The predicted molar refractivity (Wildman–Crippen MR) is 125 cm³/mol. The maximum atomic E-state index is 12.8. The molecule has 2 aromatic carbocycles. The molecule has 0 unspecified atom stereocenters. The topological polar surface area (TPSA) is 90.8 Å². The number of nitrogens with zero attached hydrogens (tertiary/aromatic N) is 2. The Hall–Kier alpha value is -3.84. The van der Waals surface area contributed by atoms with Gasteiger partial charge < -0.3 is 16.0 Å². The minimum atomic E-state index is -0.272. The zero-order valence-corrected chi connectivity index (χ0v) is 18.0. The van der Waals surface area contributed by atoms with E-state index in [9.17, 15) is 4.79 Å². The van der Waals surface area contributed by atoms with Gasteiger partial charge in [0.1, 0.15) is 10.8 Å². The normalized spacial score (nSPS) is 11.4. The molecular weight excluding hydrogens is 406 g/mol. The second-order valence-electron chi connectivity index (χ2n) is 6.96. The van der Waals surface area contributed by atoms with E-state index in [0.717, 1.165) is 32.6 Å². The van der Waals surface area contributed by atoms with Crippen molar-refractivity contribution in [1.82, 2.24) is 20.6 Å². The van der Waals surface area contributed by atoms with E-state index in [1.807, 2.05) is 48.7 Å². The highest BCUT2D eigenvalue weighted by Crippen LogP contribution is 2.25. The van der Waals surface area contributed by atoms with E-state index < -0.39 is 0 Å². The molecule has 0 aliphatic heterocycles. The summed E-state index contributed by atoms with van der Waals surface area (Å²) in [7, 11) is 1.71. The Morgan fingerprint density at radius 3 is 2.71 bits per heavy atom. The number of benzene rings is 2. The summed E-state index contributed by atoms with van der Waals surface area (Å²) in [6.07, 6.45) is 5.15. The number of aromatic nitrogens is 2. The van der Waals surface area contributed by atoms with Crippen LogP contribution in [0.15, 0.2) is 78.2 Å². The Morgan fingerprint density at radius 1 is 1.13 bits per heavy atom. The standard InChI is InChI=1S/C24H21N5OS/c1-15-5-3-4-6-19(15)20(25)13-22(26-2)29-23(30)17-8-7-16-11-18(14-28-21(16)12-17)24-27-9-10-31-24/h3-14,25-26H,1-2H3,(H,29,30)/b22-13+,25-20?. The average Bonchev–Trinajstić information content (AvgIpc) is 3.33. The maximum absolute atomic E-state index is 12.8. The van der Waals surface area contributed by atoms with E-state index in [4.69, 9.17) is 5.41 Å². The van der Waals surface area contributed by atoms with E-state index in [0.29, 0.717) is 17.1 Å². The summed E-state index contributed by atoms with van der Waals surface area (Å²) in [6.45, 7) is 1.96. The monoisotopic (exact) mass is 427 g/mol. The van der Waals surface area contributed by atoms with Crippen molar-refractivity contribution >= 4 is 33.9 Å². The quantitative estimate of drug-likeness (QED) is 0.395. The summed E-state index contributed by atoms with van der Waals surface area (Å²) in [6, 6.07) is 15.1. The summed E-state index contributed by atoms with van der Waals surface area (Å²) < 4.78 is 0. The first kappa shape index (κ1) is 20.4. The summed E-state index contributed by atoms with van der Waals surface area (Å²) in [4.78, 5) is 21.6. The number of fused-ring (bicyclic) bond motifs is 1. The van der Waals surface area contributed by atoms with Crippen LogP contribution in [0, 0.1) is 12.3 Å². The molecule has 2 heterocycles. The number of carbonyl (C=O) groups is 1. The lowest BCUT2D eigenvalue weighted by Crippen LogP contribution is -2.30. The van der Waals surface area contributed by atoms with Crippen LogP contribution in [0.2, 0.25) is 0 Å². The van der Waals surface area contributed by atoms with E-state index in [1.54, 1.807) is 49.0 Å². The fraction of sp³-hybridized carbons (Fsp3) is 0.0833. The smallest absolute Gasteiger partial charge is 0.256 e. The molecule has 4 aromatic rings. The van der Waals surface area contributed by atoms with E-state index in [1.165, 1.54) is 0 Å². The molecule has 4 rings (SSSR count). The second kappa shape index (κ2) is 8.89. The first-order valence-corrected chi connectivity index (χ1v) is 10.6. The van der Waals surface area contributed by atoms with Crippen molar-refractivity contribution in [2.75, 3.05) is 7.05 Å². The third-order valence-corrected chi connectivity index (χ3v) is 5.69. The van der Waals surface area contributed by atoms with Crippen molar-refractivity contribution in [3.63, 3.8) is 0 Å². The SMILES string of the molecule is CN/C(=C\C(=N)c1ccccc1C)NC(=O)c1ccc2cc(-c3nccs3)cnc2c1. The molecule has 3 N–H and O–H groups in total. The first-order valence-electron chi connectivity index (χ1n) is 9.70. The van der Waals surface area contributed by atoms with Gasteiger partial charge in [0.15, 0.2) is 0 Å². The van der Waals surface area contributed by atoms with Crippen molar-refractivity contribution in [3.8, 4) is 10.6 Å². The third kappa shape index (κ3) is 4.51. The molecule has 1 amide bonds. The minimum absolute atomic E-state index is 0.272. The fourth-order valence-corrected chi connectivity index (χ4v) is 3.83. The largest absolute Gasteiger partial charge is 0.375 e. The van der Waals surface area contributed by atoms with E-state index >= 15 is 0 Å². The second-order valence-corrected chi connectivity index (χ2v) is 7.85. The highest BCUT2D eigenvalue weighted by molar-refractivity contribution is 7.13. The van der Waals surface area contributed by atoms with Gasteiger partial charge in [-0.05, 0) is 30.7 Å². The summed E-state index contributed by atoms with van der Waals surface area (Å²) in [5, 5.41) is 17.9. The van der Waals surface area contributed by atoms with Crippen molar-refractivity contribution in [2.24, 2.45) is 0 Å². The molecule has 0 fully saturated rings. The Kier molecular flexibility index (Phi) is 5.86. The summed E-state index contributed by atoms with van der Waals surface area (Å²) >= 11 is 1.56. The van der Waals surface area contributed by atoms with E-state index in [-0.39, 0.29) is 5.91 Å². The van der Waals surface area contributed by atoms with Gasteiger partial charge in [0, 0.05) is 53.0 Å². The van der Waals surface area contributed by atoms with Crippen LogP contribution in [-0.2, 0) is 0 Å². The van der Waals surface area contributed by atoms with Crippen molar-refractivity contribution in [2.45, 2.75) is 6.92 Å². The molecule has 0 radical (unpaired) electrons. The number of carbonyl (C=O) groups excluding carboxylic acids is 1. The molecule has 7 heteroatoms. The van der Waals surface area contributed by atoms with Crippen molar-refractivity contribution in [3.05, 3.63) is 94.9 Å². The summed E-state index contributed by atoms with van der Waals surface area (Å²) in [5.41, 5.74) is 4.31. The number of nitrogens with one attached hydrogen (secondary N) is 3. The maximum Gasteiger partial charge on any atom is 0.256 e. The van der Waals surface area contributed by atoms with Crippen LogP contribution in [0.1, 0.15) is 21.5 Å². The fourth-order valence-electron chi connectivity index (χ4n) is 3.21. The van der Waals surface area contributed by atoms with Crippen LogP contribution in [0.4, 0.5) is 0 Å². The van der Waals surface area contributed by atoms with Crippen LogP contribution in [-0.4, -0.2) is 28.6 Å². The Labute approximate surface area is 184 Å². The molecule has 154 valence electrons. The highest BCUT2D eigenvalue weighted by atomic mass is 32.1. The van der Waals surface area contributed by atoms with Gasteiger partial charge >= 0.3 is 0 Å². The molecule has 0 bridgehead atoms. The van der Waals surface area contributed by atoms with Crippen LogP contribution in [0.5, 0.6) is 0 Å². The van der Waals surface area contributed by atoms with Crippen LogP contribution in [0.3, 0.4) is 0 Å². The number of rotatable bonds is 6. The number of hydrogen-bond donors (Lipinski definition) is 3. The molecule has 0 saturated heterocycles. The lowest BCUT2D eigenvalue weighted by atomic mass is 10.0. The molecule has 6 nitrogen and oxygen atoms in total. The molecule has 31 heavy (non-hydrogen) atoms. The molecule has 0 atom stereocenters. The average molecular weight is 428 g/mol. The van der Waals surface area contributed by atoms with Gasteiger partial charge in [0.25, 0.3) is 5.91 Å². The van der Waals surface area contributed by atoms with Gasteiger partial charge in [-0.15, -0.1) is 11.3 Å². The van der Waals surface area contributed by atoms with Crippen molar-refractivity contribution in [1.29, 1.82) is 5.41 Å². The van der Waals surface area contributed by atoms with Gasteiger partial charge in [-0.1, -0.05) is 30.3 Å². The van der Waals surface area contributed by atoms with Gasteiger partial charge in [-0.3, -0.25) is 9.78 Å². The third-order valence-electron chi connectivity index (χ3n) is 4.87. The lowest BCUT2D eigenvalue weighted by molar-refractivity contribution is 0.0964. The molecule has 0 aliphatic carbocycles. The number of thiazole rings is 1.